The zero-order chi connectivity index (χ0) is 9.84. The number of carbonyl (C=O) groups is 1. The molecule has 0 radical (unpaired) electrons. The number of rotatable bonds is 2. The van der Waals surface area contributed by atoms with Crippen LogP contribution in [0, 0.1) is 6.92 Å². The Bertz CT molecular complexity index is 325. The van der Waals surface area contributed by atoms with Crippen LogP contribution >= 0.6 is 11.6 Å². The predicted octanol–water partition coefficient (Wildman–Crippen LogP) is 1.88. The van der Waals surface area contributed by atoms with E-state index in [-0.39, 0.29) is 17.5 Å². The van der Waals surface area contributed by atoms with Gasteiger partial charge in [0.05, 0.1) is 5.69 Å². The molecule has 0 fully saturated rings. The van der Waals surface area contributed by atoms with E-state index in [1.165, 1.54) is 6.07 Å². The zero-order valence-corrected chi connectivity index (χ0v) is 7.93. The minimum absolute atomic E-state index is 0.0454. The van der Waals surface area contributed by atoms with Crippen molar-refractivity contribution in [3.63, 3.8) is 0 Å². The average molecular weight is 200 g/mol. The number of aromatic hydroxyl groups is 1. The second-order valence-corrected chi connectivity index (χ2v) is 2.97. The first-order valence-electron chi connectivity index (χ1n) is 3.79. The van der Waals surface area contributed by atoms with Crippen LogP contribution in [0.1, 0.15) is 5.56 Å². The first kappa shape index (κ1) is 9.86. The van der Waals surface area contributed by atoms with Crippen LogP contribution in [-0.4, -0.2) is 16.9 Å². The number of amides is 1. The van der Waals surface area contributed by atoms with Gasteiger partial charge in [0.2, 0.25) is 5.91 Å². The Balaban J connectivity index is 2.87. The van der Waals surface area contributed by atoms with Crippen LogP contribution < -0.4 is 5.32 Å². The highest BCUT2D eigenvalue weighted by Crippen LogP contribution is 2.23. The number of anilines is 1. The van der Waals surface area contributed by atoms with Gasteiger partial charge in [-0.3, -0.25) is 4.79 Å². The Hall–Kier alpha value is -1.22. The molecule has 1 rings (SSSR count). The van der Waals surface area contributed by atoms with E-state index < -0.39 is 0 Å². The van der Waals surface area contributed by atoms with Crippen LogP contribution in [0.2, 0.25) is 0 Å². The Morgan fingerprint density at radius 2 is 2.31 bits per heavy atom. The van der Waals surface area contributed by atoms with Crippen molar-refractivity contribution in [2.45, 2.75) is 6.92 Å². The molecular formula is C9H10ClNO2. The van der Waals surface area contributed by atoms with Gasteiger partial charge in [-0.25, -0.2) is 0 Å². The Kier molecular flexibility index (Phi) is 3.14. The van der Waals surface area contributed by atoms with E-state index in [2.05, 4.69) is 5.32 Å². The molecule has 0 aliphatic carbocycles. The summed E-state index contributed by atoms with van der Waals surface area (Å²) < 4.78 is 0. The summed E-state index contributed by atoms with van der Waals surface area (Å²) in [6, 6.07) is 4.96. The van der Waals surface area contributed by atoms with Gasteiger partial charge in [0.15, 0.2) is 0 Å². The topological polar surface area (TPSA) is 49.3 Å². The molecule has 0 saturated heterocycles. The lowest BCUT2D eigenvalue weighted by Gasteiger charge is -2.05. The zero-order valence-electron chi connectivity index (χ0n) is 7.17. The summed E-state index contributed by atoms with van der Waals surface area (Å²) in [4.78, 5) is 10.9. The standard InChI is InChI=1S/C9H10ClNO2/c1-6-2-3-8(12)7(4-6)11-9(13)5-10/h2-4,12H,5H2,1H3,(H,11,13). The highest BCUT2D eigenvalue weighted by molar-refractivity contribution is 6.29. The van der Waals surface area contributed by atoms with E-state index in [9.17, 15) is 9.90 Å². The number of hydrogen-bond acceptors (Lipinski definition) is 2. The van der Waals surface area contributed by atoms with Crippen molar-refractivity contribution in [1.82, 2.24) is 0 Å². The molecule has 13 heavy (non-hydrogen) atoms. The molecule has 70 valence electrons. The Labute approximate surface area is 81.3 Å². The van der Waals surface area contributed by atoms with Crippen molar-refractivity contribution in [3.8, 4) is 5.75 Å². The largest absolute Gasteiger partial charge is 0.506 e. The van der Waals surface area contributed by atoms with Crippen molar-refractivity contribution in [3.05, 3.63) is 23.8 Å². The van der Waals surface area contributed by atoms with Gasteiger partial charge in [-0.15, -0.1) is 11.6 Å². The fraction of sp³-hybridized carbons (Fsp3) is 0.222. The molecule has 0 saturated carbocycles. The van der Waals surface area contributed by atoms with Gasteiger partial charge >= 0.3 is 0 Å². The Morgan fingerprint density at radius 1 is 1.62 bits per heavy atom. The van der Waals surface area contributed by atoms with Crippen LogP contribution in [0.15, 0.2) is 18.2 Å². The number of carbonyl (C=O) groups excluding carboxylic acids is 1. The molecule has 3 nitrogen and oxygen atoms in total. The second kappa shape index (κ2) is 4.14. The SMILES string of the molecule is Cc1ccc(O)c(NC(=O)CCl)c1. The van der Waals surface area contributed by atoms with Gasteiger partial charge in [-0.2, -0.15) is 0 Å². The van der Waals surface area contributed by atoms with Crippen LogP contribution in [-0.2, 0) is 4.79 Å². The van der Waals surface area contributed by atoms with Gasteiger partial charge in [0.25, 0.3) is 0 Å². The second-order valence-electron chi connectivity index (χ2n) is 2.70. The molecule has 0 aliphatic rings. The molecule has 0 atom stereocenters. The first-order chi connectivity index (χ1) is 6.13. The molecule has 0 bridgehead atoms. The van der Waals surface area contributed by atoms with E-state index in [1.54, 1.807) is 12.1 Å². The molecule has 1 amide bonds. The maximum Gasteiger partial charge on any atom is 0.239 e. The molecule has 2 N–H and O–H groups in total. The minimum atomic E-state index is -0.331. The van der Waals surface area contributed by atoms with Crippen LogP contribution in [0.3, 0.4) is 0 Å². The highest BCUT2D eigenvalue weighted by Gasteiger charge is 2.04. The number of phenolic OH excluding ortho intramolecular Hbond substituents is 1. The number of nitrogens with one attached hydrogen (secondary N) is 1. The van der Waals surface area contributed by atoms with E-state index in [0.29, 0.717) is 5.69 Å². The summed E-state index contributed by atoms with van der Waals surface area (Å²) in [5, 5.41) is 11.8. The van der Waals surface area contributed by atoms with Crippen molar-refractivity contribution in [2.75, 3.05) is 11.2 Å². The summed E-state index contributed by atoms with van der Waals surface area (Å²) in [6.45, 7) is 1.87. The summed E-state index contributed by atoms with van der Waals surface area (Å²) in [6.07, 6.45) is 0. The number of aryl methyl sites for hydroxylation is 1. The third kappa shape index (κ3) is 2.63. The minimum Gasteiger partial charge on any atom is -0.506 e. The number of benzene rings is 1. The van der Waals surface area contributed by atoms with E-state index >= 15 is 0 Å². The van der Waals surface area contributed by atoms with Gasteiger partial charge in [0.1, 0.15) is 11.6 Å². The average Bonchev–Trinajstić information content (AvgIpc) is 2.11. The molecule has 1 aromatic carbocycles. The van der Waals surface area contributed by atoms with Crippen molar-refractivity contribution in [2.24, 2.45) is 0 Å². The van der Waals surface area contributed by atoms with Gasteiger partial charge in [-0.05, 0) is 24.6 Å². The van der Waals surface area contributed by atoms with Gasteiger partial charge < -0.3 is 10.4 Å². The van der Waals surface area contributed by atoms with Crippen molar-refractivity contribution < 1.29 is 9.90 Å². The lowest BCUT2D eigenvalue weighted by Crippen LogP contribution is -2.12. The molecule has 4 heteroatoms. The number of hydrogen-bond donors (Lipinski definition) is 2. The van der Waals surface area contributed by atoms with E-state index in [0.717, 1.165) is 5.56 Å². The first-order valence-corrected chi connectivity index (χ1v) is 4.32. The highest BCUT2D eigenvalue weighted by atomic mass is 35.5. The smallest absolute Gasteiger partial charge is 0.239 e. The number of phenols is 1. The molecular weight excluding hydrogens is 190 g/mol. The lowest BCUT2D eigenvalue weighted by molar-refractivity contribution is -0.113. The third-order valence-electron chi connectivity index (χ3n) is 1.55. The molecule has 1 aromatic rings. The van der Waals surface area contributed by atoms with Gasteiger partial charge in [0, 0.05) is 0 Å². The number of alkyl halides is 1. The molecule has 0 aliphatic heterocycles. The van der Waals surface area contributed by atoms with E-state index in [1.807, 2.05) is 6.92 Å². The van der Waals surface area contributed by atoms with Crippen LogP contribution in [0.4, 0.5) is 5.69 Å². The van der Waals surface area contributed by atoms with Crippen LogP contribution in [0.25, 0.3) is 0 Å². The number of halogens is 1. The summed E-state index contributed by atoms with van der Waals surface area (Å²) in [5.41, 5.74) is 1.35. The third-order valence-corrected chi connectivity index (χ3v) is 1.79. The monoisotopic (exact) mass is 199 g/mol. The quantitative estimate of drug-likeness (QED) is 0.565. The van der Waals surface area contributed by atoms with Crippen molar-refractivity contribution in [1.29, 1.82) is 0 Å². The molecule has 0 heterocycles. The molecule has 0 aromatic heterocycles. The molecule has 0 unspecified atom stereocenters. The lowest BCUT2D eigenvalue weighted by atomic mass is 10.2. The van der Waals surface area contributed by atoms with Crippen LogP contribution in [0.5, 0.6) is 5.75 Å². The Morgan fingerprint density at radius 3 is 2.92 bits per heavy atom. The fourth-order valence-corrected chi connectivity index (χ4v) is 1.00. The maximum absolute atomic E-state index is 10.9. The summed E-state index contributed by atoms with van der Waals surface area (Å²) in [7, 11) is 0. The van der Waals surface area contributed by atoms with Crippen molar-refractivity contribution >= 4 is 23.2 Å². The maximum atomic E-state index is 10.9. The predicted molar refractivity (Wildman–Crippen MR) is 52.2 cm³/mol. The van der Waals surface area contributed by atoms with E-state index in [4.69, 9.17) is 11.6 Å². The summed E-state index contributed by atoms with van der Waals surface area (Å²) in [5.74, 6) is -0.403. The molecule has 0 spiro atoms. The fourth-order valence-electron chi connectivity index (χ4n) is 0.934. The van der Waals surface area contributed by atoms with Gasteiger partial charge in [-0.1, -0.05) is 6.07 Å². The summed E-state index contributed by atoms with van der Waals surface area (Å²) >= 11 is 5.30. The normalized spacial score (nSPS) is 9.69.